The summed E-state index contributed by atoms with van der Waals surface area (Å²) in [6, 6.07) is 10.3. The number of Topliss-reactive ketones (excluding diaryl/α,β-unsaturated/α-hetero) is 1. The van der Waals surface area contributed by atoms with Gasteiger partial charge in [0.1, 0.15) is 0 Å². The van der Waals surface area contributed by atoms with Crippen LogP contribution in [0.1, 0.15) is 31.2 Å². The second kappa shape index (κ2) is 9.11. The van der Waals surface area contributed by atoms with Crippen LogP contribution in [0.4, 0.5) is 11.4 Å². The highest BCUT2D eigenvalue weighted by molar-refractivity contribution is 6.25. The number of amides is 2. The number of phenols is 1. The fourth-order valence-corrected chi connectivity index (χ4v) is 6.65. The van der Waals surface area contributed by atoms with Crippen LogP contribution in [0.2, 0.25) is 0 Å². The SMILES string of the molecule is COc1cccc([C@H]2C3=CC[C@@H]4C(=O)N(c5cccc([N+](=O)[O-])c5)C(=O)[C@@H]4[C@@H]3CC3=C2C(=O)C(C)=CC3=O)c1O. The molecule has 0 bridgehead atoms. The number of rotatable bonds is 4. The van der Waals surface area contributed by atoms with Crippen LogP contribution in [0.5, 0.6) is 11.5 Å². The van der Waals surface area contributed by atoms with Gasteiger partial charge in [-0.1, -0.05) is 29.8 Å². The molecule has 2 aromatic rings. The van der Waals surface area contributed by atoms with Gasteiger partial charge in [-0.25, -0.2) is 4.90 Å². The van der Waals surface area contributed by atoms with Crippen molar-refractivity contribution < 1.29 is 33.9 Å². The number of nitro groups is 1. The van der Waals surface area contributed by atoms with E-state index in [1.807, 2.05) is 6.08 Å². The summed E-state index contributed by atoms with van der Waals surface area (Å²) in [5, 5.41) is 22.5. The van der Waals surface area contributed by atoms with Crippen molar-refractivity contribution in [3.05, 3.63) is 92.6 Å². The Morgan fingerprint density at radius 2 is 1.80 bits per heavy atom. The number of carbonyl (C=O) groups is 4. The van der Waals surface area contributed by atoms with Gasteiger partial charge in [0.05, 0.1) is 29.6 Å². The quantitative estimate of drug-likeness (QED) is 0.202. The number of methoxy groups -OCH3 is 1. The predicted octanol–water partition coefficient (Wildman–Crippen LogP) is 3.94. The number of para-hydroxylation sites is 1. The van der Waals surface area contributed by atoms with Crippen molar-refractivity contribution in [3.8, 4) is 11.5 Å². The number of non-ortho nitro benzene ring substituents is 1. The minimum Gasteiger partial charge on any atom is -0.504 e. The average molecular weight is 541 g/mol. The van der Waals surface area contributed by atoms with Crippen molar-refractivity contribution in [2.75, 3.05) is 12.0 Å². The van der Waals surface area contributed by atoms with Crippen LogP contribution in [0.15, 0.2) is 76.9 Å². The molecule has 3 aliphatic carbocycles. The lowest BCUT2D eigenvalue weighted by Gasteiger charge is -2.42. The van der Waals surface area contributed by atoms with Crippen molar-refractivity contribution >= 4 is 34.8 Å². The summed E-state index contributed by atoms with van der Waals surface area (Å²) >= 11 is 0. The van der Waals surface area contributed by atoms with Gasteiger partial charge < -0.3 is 9.84 Å². The minimum atomic E-state index is -0.842. The number of phenolic OH excluding ortho intramolecular Hbond substituents is 1. The first-order valence-electron chi connectivity index (χ1n) is 12.8. The monoisotopic (exact) mass is 540 g/mol. The summed E-state index contributed by atoms with van der Waals surface area (Å²) in [5.74, 6) is -4.59. The Morgan fingerprint density at radius 3 is 2.52 bits per heavy atom. The number of nitro benzene ring substituents is 1. The molecule has 0 spiro atoms. The Balaban J connectivity index is 1.49. The smallest absolute Gasteiger partial charge is 0.271 e. The standard InChI is InChI=1S/C30H24N2O8/c1-14-11-22(33)21-13-20-17(24(26(21)27(14)34)18-7-4-8-23(40-2)28(18)35)9-10-19-25(20)30(37)31(29(19)36)15-5-3-6-16(12-15)32(38)39/h3-9,11-12,19-20,24-25,35H,10,13H2,1-2H3/t19-,20+,24+,25-/m0/s1. The second-order valence-corrected chi connectivity index (χ2v) is 10.4. The molecular formula is C30H24N2O8. The topological polar surface area (TPSA) is 144 Å². The number of aromatic hydroxyl groups is 1. The van der Waals surface area contributed by atoms with Crippen LogP contribution in [-0.4, -0.2) is 40.5 Å². The van der Waals surface area contributed by atoms with Crippen LogP contribution in [0, 0.1) is 27.9 Å². The molecule has 4 atom stereocenters. The van der Waals surface area contributed by atoms with E-state index in [1.54, 1.807) is 25.1 Å². The molecule has 2 aromatic carbocycles. The first kappa shape index (κ1) is 25.4. The summed E-state index contributed by atoms with van der Waals surface area (Å²) in [7, 11) is 1.41. The van der Waals surface area contributed by atoms with E-state index in [2.05, 4.69) is 0 Å². The number of anilines is 1. The van der Waals surface area contributed by atoms with Gasteiger partial charge in [0, 0.05) is 40.3 Å². The van der Waals surface area contributed by atoms with Gasteiger partial charge in [0.15, 0.2) is 23.1 Å². The number of carbonyl (C=O) groups excluding carboxylic acids is 4. The maximum absolute atomic E-state index is 13.9. The molecule has 1 fully saturated rings. The largest absolute Gasteiger partial charge is 0.504 e. The minimum absolute atomic E-state index is 0.0831. The van der Waals surface area contributed by atoms with Gasteiger partial charge in [-0.05, 0) is 43.9 Å². The van der Waals surface area contributed by atoms with Gasteiger partial charge in [0.2, 0.25) is 11.8 Å². The lowest BCUT2D eigenvalue weighted by Crippen LogP contribution is -2.39. The van der Waals surface area contributed by atoms with Crippen molar-refractivity contribution in [1.29, 1.82) is 0 Å². The van der Waals surface area contributed by atoms with Crippen LogP contribution in [0.3, 0.4) is 0 Å². The third kappa shape index (κ3) is 3.55. The number of hydrogen-bond donors (Lipinski definition) is 1. The average Bonchev–Trinajstić information content (AvgIpc) is 3.20. The summed E-state index contributed by atoms with van der Waals surface area (Å²) in [4.78, 5) is 65.9. The third-order valence-electron chi connectivity index (χ3n) is 8.42. The summed E-state index contributed by atoms with van der Waals surface area (Å²) in [6.07, 6.45) is 3.41. The number of allylic oxidation sites excluding steroid dienone is 6. The van der Waals surface area contributed by atoms with Crippen molar-refractivity contribution in [2.45, 2.75) is 25.7 Å². The van der Waals surface area contributed by atoms with Crippen molar-refractivity contribution in [2.24, 2.45) is 17.8 Å². The van der Waals surface area contributed by atoms with Crippen LogP contribution >= 0.6 is 0 Å². The van der Waals surface area contributed by atoms with Crippen LogP contribution < -0.4 is 9.64 Å². The van der Waals surface area contributed by atoms with Gasteiger partial charge in [0.25, 0.3) is 5.69 Å². The van der Waals surface area contributed by atoms with E-state index in [0.717, 1.165) is 4.90 Å². The number of ether oxygens (including phenoxy) is 1. The zero-order valence-electron chi connectivity index (χ0n) is 21.6. The Bertz CT molecular complexity index is 1650. The summed E-state index contributed by atoms with van der Waals surface area (Å²) in [6.45, 7) is 1.57. The van der Waals surface area contributed by atoms with E-state index in [9.17, 15) is 34.4 Å². The molecule has 0 saturated carbocycles. The number of benzene rings is 2. The molecule has 0 unspecified atom stereocenters. The molecule has 1 aliphatic heterocycles. The van der Waals surface area contributed by atoms with E-state index < -0.39 is 40.4 Å². The van der Waals surface area contributed by atoms with E-state index in [-0.39, 0.29) is 64.0 Å². The highest BCUT2D eigenvalue weighted by Gasteiger charge is 2.57. The number of imide groups is 1. The van der Waals surface area contributed by atoms with Gasteiger partial charge in [-0.2, -0.15) is 0 Å². The fraction of sp³-hybridized carbons (Fsp3) is 0.267. The Labute approximate surface area is 228 Å². The molecule has 10 nitrogen and oxygen atoms in total. The molecule has 0 aromatic heterocycles. The molecular weight excluding hydrogens is 516 g/mol. The second-order valence-electron chi connectivity index (χ2n) is 10.4. The maximum atomic E-state index is 13.9. The Kier molecular flexibility index (Phi) is 5.79. The molecule has 4 aliphatic rings. The molecule has 2 amide bonds. The highest BCUT2D eigenvalue weighted by Crippen LogP contribution is 2.57. The molecule has 1 heterocycles. The highest BCUT2D eigenvalue weighted by atomic mass is 16.6. The van der Waals surface area contributed by atoms with E-state index in [1.165, 1.54) is 37.5 Å². The fourth-order valence-electron chi connectivity index (χ4n) is 6.65. The zero-order valence-corrected chi connectivity index (χ0v) is 21.6. The van der Waals surface area contributed by atoms with E-state index in [0.29, 0.717) is 11.1 Å². The first-order chi connectivity index (χ1) is 19.1. The number of nitrogens with zero attached hydrogens (tertiary/aromatic N) is 2. The number of fused-ring (bicyclic) bond motifs is 3. The van der Waals surface area contributed by atoms with Gasteiger partial charge in [-0.15, -0.1) is 0 Å². The van der Waals surface area contributed by atoms with Crippen molar-refractivity contribution in [3.63, 3.8) is 0 Å². The van der Waals surface area contributed by atoms with E-state index >= 15 is 0 Å². The molecule has 202 valence electrons. The molecule has 6 rings (SSSR count). The third-order valence-corrected chi connectivity index (χ3v) is 8.42. The van der Waals surface area contributed by atoms with Gasteiger partial charge in [-0.3, -0.25) is 29.3 Å². The van der Waals surface area contributed by atoms with Crippen molar-refractivity contribution in [1.82, 2.24) is 0 Å². The Morgan fingerprint density at radius 1 is 1.05 bits per heavy atom. The molecule has 10 heteroatoms. The van der Waals surface area contributed by atoms with Gasteiger partial charge >= 0.3 is 0 Å². The molecule has 1 saturated heterocycles. The first-order valence-corrected chi connectivity index (χ1v) is 12.8. The predicted molar refractivity (Wildman–Crippen MR) is 142 cm³/mol. The normalized spacial score (nSPS) is 25.7. The number of hydrogen-bond acceptors (Lipinski definition) is 8. The van der Waals surface area contributed by atoms with Crippen LogP contribution in [0.25, 0.3) is 0 Å². The lowest BCUT2D eigenvalue weighted by atomic mass is 9.59. The maximum Gasteiger partial charge on any atom is 0.271 e. The molecule has 1 N–H and O–H groups in total. The molecule has 40 heavy (non-hydrogen) atoms. The number of ketones is 2. The Hall–Kier alpha value is -4.86. The van der Waals surface area contributed by atoms with Crippen LogP contribution in [-0.2, 0) is 19.2 Å². The summed E-state index contributed by atoms with van der Waals surface area (Å²) < 4.78 is 5.31. The summed E-state index contributed by atoms with van der Waals surface area (Å²) in [5.41, 5.74) is 1.72. The van der Waals surface area contributed by atoms with E-state index in [4.69, 9.17) is 4.74 Å². The zero-order chi connectivity index (χ0) is 28.5. The lowest BCUT2D eigenvalue weighted by molar-refractivity contribution is -0.384. The molecule has 0 radical (unpaired) electrons.